The van der Waals surface area contributed by atoms with Gasteiger partial charge in [-0.25, -0.2) is 0 Å². The number of aryl methyl sites for hydroxylation is 2. The summed E-state index contributed by atoms with van der Waals surface area (Å²) in [6, 6.07) is 19.3. The lowest BCUT2D eigenvalue weighted by molar-refractivity contribution is -0.132. The minimum Gasteiger partial charge on any atom is -0.358 e. The molecule has 4 rings (SSSR count). The highest BCUT2D eigenvalue weighted by Gasteiger charge is 2.23. The summed E-state index contributed by atoms with van der Waals surface area (Å²) >= 11 is 0. The molecule has 30 heavy (non-hydrogen) atoms. The summed E-state index contributed by atoms with van der Waals surface area (Å²) in [5.41, 5.74) is 5.44. The van der Waals surface area contributed by atoms with Gasteiger partial charge in [0.25, 0.3) is 0 Å². The van der Waals surface area contributed by atoms with E-state index in [4.69, 9.17) is 0 Å². The third-order valence-corrected chi connectivity index (χ3v) is 6.62. The zero-order valence-corrected chi connectivity index (χ0v) is 18.2. The number of unbranched alkanes of at least 4 members (excludes halogenated alkanes) is 1. The van der Waals surface area contributed by atoms with Gasteiger partial charge in [0.1, 0.15) is 0 Å². The molecule has 1 saturated heterocycles. The number of aromatic amines is 1. The van der Waals surface area contributed by atoms with E-state index in [2.05, 4.69) is 71.4 Å². The van der Waals surface area contributed by atoms with Crippen LogP contribution in [0.4, 0.5) is 0 Å². The van der Waals surface area contributed by atoms with E-state index < -0.39 is 0 Å². The number of likely N-dealkylation sites (tertiary alicyclic amines) is 1. The average Bonchev–Trinajstić information content (AvgIpc) is 3.16. The van der Waals surface area contributed by atoms with Crippen LogP contribution in [0.3, 0.4) is 0 Å². The zero-order valence-electron chi connectivity index (χ0n) is 18.2. The molecule has 0 bridgehead atoms. The van der Waals surface area contributed by atoms with Gasteiger partial charge in [-0.2, -0.15) is 0 Å². The summed E-state index contributed by atoms with van der Waals surface area (Å²) in [5.74, 6) is 0.930. The van der Waals surface area contributed by atoms with E-state index in [0.717, 1.165) is 45.2 Å². The second-order valence-electron chi connectivity index (χ2n) is 8.65. The minimum atomic E-state index is 0.330. The van der Waals surface area contributed by atoms with Gasteiger partial charge in [-0.3, -0.25) is 4.79 Å². The first kappa shape index (κ1) is 20.7. The third kappa shape index (κ3) is 4.77. The number of benzene rings is 2. The van der Waals surface area contributed by atoms with E-state index in [1.165, 1.54) is 40.6 Å². The number of piperidine rings is 1. The summed E-state index contributed by atoms with van der Waals surface area (Å²) in [4.78, 5) is 18.5. The van der Waals surface area contributed by atoms with Gasteiger partial charge in [-0.1, -0.05) is 61.9 Å². The number of para-hydroxylation sites is 1. The van der Waals surface area contributed by atoms with Crippen molar-refractivity contribution in [1.29, 1.82) is 0 Å². The van der Waals surface area contributed by atoms with Crippen LogP contribution in [0, 0.1) is 0 Å². The predicted octanol–water partition coefficient (Wildman–Crippen LogP) is 6.24. The molecule has 3 nitrogen and oxygen atoms in total. The highest BCUT2D eigenvalue weighted by atomic mass is 16.2. The van der Waals surface area contributed by atoms with Gasteiger partial charge in [-0.05, 0) is 61.6 Å². The molecular formula is C27H34N2O. The van der Waals surface area contributed by atoms with Crippen molar-refractivity contribution in [2.24, 2.45) is 0 Å². The molecule has 1 aliphatic rings. The van der Waals surface area contributed by atoms with Crippen molar-refractivity contribution in [2.45, 2.75) is 64.2 Å². The van der Waals surface area contributed by atoms with Crippen LogP contribution >= 0.6 is 0 Å². The number of hydrogen-bond acceptors (Lipinski definition) is 1. The SMILES string of the molecule is CCCCc1[nH]c2ccccc2c1CCCC(=O)N1CCC(c2ccccc2)CC1. The topological polar surface area (TPSA) is 36.1 Å². The molecular weight excluding hydrogens is 368 g/mol. The lowest BCUT2D eigenvalue weighted by atomic mass is 9.89. The van der Waals surface area contributed by atoms with Gasteiger partial charge >= 0.3 is 0 Å². The standard InChI is InChI=1S/C27H34N2O/c1-2-3-14-25-24(23-12-7-8-15-26(23)28-25)13-9-16-27(30)29-19-17-22(18-20-29)21-10-5-4-6-11-21/h4-8,10-12,15,22,28H,2-3,9,13-14,16-20H2,1H3. The number of carbonyl (C=O) groups excluding carboxylic acids is 1. The second-order valence-corrected chi connectivity index (χ2v) is 8.65. The van der Waals surface area contributed by atoms with E-state index in [1.807, 2.05) is 0 Å². The number of hydrogen-bond donors (Lipinski definition) is 1. The Hall–Kier alpha value is -2.55. The second kappa shape index (κ2) is 9.97. The minimum absolute atomic E-state index is 0.330. The van der Waals surface area contributed by atoms with Crippen molar-refractivity contribution in [2.75, 3.05) is 13.1 Å². The Balaban J connectivity index is 1.31. The van der Waals surface area contributed by atoms with Crippen molar-refractivity contribution in [3.05, 3.63) is 71.4 Å². The van der Waals surface area contributed by atoms with Gasteiger partial charge < -0.3 is 9.88 Å². The summed E-state index contributed by atoms with van der Waals surface area (Å²) < 4.78 is 0. The molecule has 0 radical (unpaired) electrons. The first-order valence-electron chi connectivity index (χ1n) is 11.7. The summed E-state index contributed by atoms with van der Waals surface area (Å²) in [6.07, 6.45) is 8.23. The summed E-state index contributed by atoms with van der Waals surface area (Å²) in [5, 5.41) is 1.33. The number of fused-ring (bicyclic) bond motifs is 1. The maximum absolute atomic E-state index is 12.8. The zero-order chi connectivity index (χ0) is 20.8. The van der Waals surface area contributed by atoms with Crippen LogP contribution in [0.15, 0.2) is 54.6 Å². The fourth-order valence-corrected chi connectivity index (χ4v) is 4.87. The van der Waals surface area contributed by atoms with Crippen molar-refractivity contribution in [1.82, 2.24) is 9.88 Å². The van der Waals surface area contributed by atoms with Crippen LogP contribution in [-0.2, 0) is 17.6 Å². The number of carbonyl (C=O) groups is 1. The molecule has 1 fully saturated rings. The van der Waals surface area contributed by atoms with Crippen LogP contribution in [0.5, 0.6) is 0 Å². The molecule has 2 heterocycles. The molecule has 1 N–H and O–H groups in total. The van der Waals surface area contributed by atoms with E-state index >= 15 is 0 Å². The molecule has 3 heteroatoms. The van der Waals surface area contributed by atoms with Crippen molar-refractivity contribution in [3.8, 4) is 0 Å². The van der Waals surface area contributed by atoms with E-state index in [-0.39, 0.29) is 0 Å². The fraction of sp³-hybridized carbons (Fsp3) is 0.444. The molecule has 0 saturated carbocycles. The molecule has 3 aromatic rings. The normalized spacial score (nSPS) is 15.0. The first-order valence-corrected chi connectivity index (χ1v) is 11.7. The molecule has 0 atom stereocenters. The number of nitrogens with one attached hydrogen (secondary N) is 1. The number of H-pyrrole nitrogens is 1. The van der Waals surface area contributed by atoms with Gasteiger partial charge in [0.15, 0.2) is 0 Å². The van der Waals surface area contributed by atoms with Gasteiger partial charge in [0, 0.05) is 36.1 Å². The van der Waals surface area contributed by atoms with Crippen LogP contribution < -0.4 is 0 Å². The Morgan fingerprint density at radius 1 is 0.967 bits per heavy atom. The molecule has 0 unspecified atom stereocenters. The van der Waals surface area contributed by atoms with Crippen molar-refractivity contribution >= 4 is 16.8 Å². The number of amides is 1. The van der Waals surface area contributed by atoms with Crippen LogP contribution in [0.1, 0.15) is 68.2 Å². The Morgan fingerprint density at radius 2 is 1.70 bits per heavy atom. The highest BCUT2D eigenvalue weighted by molar-refractivity contribution is 5.84. The maximum atomic E-state index is 12.8. The lowest BCUT2D eigenvalue weighted by Crippen LogP contribution is -2.37. The highest BCUT2D eigenvalue weighted by Crippen LogP contribution is 2.29. The maximum Gasteiger partial charge on any atom is 0.222 e. The van der Waals surface area contributed by atoms with Gasteiger partial charge in [-0.15, -0.1) is 0 Å². The predicted molar refractivity (Wildman–Crippen MR) is 125 cm³/mol. The fourth-order valence-electron chi connectivity index (χ4n) is 4.87. The van der Waals surface area contributed by atoms with E-state index in [9.17, 15) is 4.79 Å². The largest absolute Gasteiger partial charge is 0.358 e. The van der Waals surface area contributed by atoms with Gasteiger partial charge in [0.05, 0.1) is 0 Å². The molecule has 158 valence electrons. The van der Waals surface area contributed by atoms with Crippen LogP contribution in [-0.4, -0.2) is 28.9 Å². The molecule has 1 amide bonds. The first-order chi connectivity index (χ1) is 14.8. The molecule has 1 aromatic heterocycles. The number of rotatable bonds is 8. The number of aromatic nitrogens is 1. The lowest BCUT2D eigenvalue weighted by Gasteiger charge is -2.32. The molecule has 2 aromatic carbocycles. The quantitative estimate of drug-likeness (QED) is 0.476. The summed E-state index contributed by atoms with van der Waals surface area (Å²) in [7, 11) is 0. The Kier molecular flexibility index (Phi) is 6.88. The molecule has 0 spiro atoms. The average molecular weight is 403 g/mol. The van der Waals surface area contributed by atoms with Gasteiger partial charge in [0.2, 0.25) is 5.91 Å². The smallest absolute Gasteiger partial charge is 0.222 e. The molecule has 0 aliphatic carbocycles. The number of nitrogens with zero attached hydrogens (tertiary/aromatic N) is 1. The monoisotopic (exact) mass is 402 g/mol. The van der Waals surface area contributed by atoms with Crippen LogP contribution in [0.2, 0.25) is 0 Å². The Morgan fingerprint density at radius 3 is 2.47 bits per heavy atom. The van der Waals surface area contributed by atoms with Crippen molar-refractivity contribution in [3.63, 3.8) is 0 Å². The Bertz CT molecular complexity index is 951. The summed E-state index contributed by atoms with van der Waals surface area (Å²) in [6.45, 7) is 4.03. The van der Waals surface area contributed by atoms with E-state index in [1.54, 1.807) is 0 Å². The van der Waals surface area contributed by atoms with Crippen molar-refractivity contribution < 1.29 is 4.79 Å². The van der Waals surface area contributed by atoms with E-state index in [0.29, 0.717) is 18.2 Å². The van der Waals surface area contributed by atoms with Crippen LogP contribution in [0.25, 0.3) is 10.9 Å². The third-order valence-electron chi connectivity index (χ3n) is 6.62. The Labute approximate surface area is 180 Å². The molecule has 1 aliphatic heterocycles.